The van der Waals surface area contributed by atoms with Gasteiger partial charge in [-0.15, -0.1) is 0 Å². The van der Waals surface area contributed by atoms with E-state index in [0.29, 0.717) is 54.2 Å². The van der Waals surface area contributed by atoms with E-state index < -0.39 is 29.7 Å². The predicted octanol–water partition coefficient (Wildman–Crippen LogP) is 8.04. The number of rotatable bonds is 11. The summed E-state index contributed by atoms with van der Waals surface area (Å²) in [6.45, 7) is 2.27. The Balaban J connectivity index is 0.00000281. The summed E-state index contributed by atoms with van der Waals surface area (Å²) >= 11 is 11.9. The Morgan fingerprint density at radius 1 is 1.03 bits per heavy atom. The largest absolute Gasteiger partial charge is 0.492 e. The Morgan fingerprint density at radius 3 is 2.24 bits per heavy atom. The number of ether oxygens (including phenoxy) is 3. The van der Waals surface area contributed by atoms with Crippen molar-refractivity contribution in [2.45, 2.75) is 32.4 Å². The van der Waals surface area contributed by atoms with Crippen molar-refractivity contribution in [1.29, 1.82) is 0 Å². The minimum atomic E-state index is -4.85. The first kappa shape index (κ1) is 29.7. The summed E-state index contributed by atoms with van der Waals surface area (Å²) in [5, 5.41) is 0.955. The maximum absolute atomic E-state index is 12.8. The zero-order valence-corrected chi connectivity index (χ0v) is 19.8. The van der Waals surface area contributed by atoms with Gasteiger partial charge in [-0.25, -0.2) is 13.8 Å². The molecule has 0 aliphatic carbocycles. The number of hydrogen-bond donors (Lipinski definition) is 0. The molecule has 4 nitrogen and oxygen atoms in total. The lowest BCUT2D eigenvalue weighted by atomic mass is 10.2. The van der Waals surface area contributed by atoms with Gasteiger partial charge in [-0.2, -0.15) is 13.2 Å². The molecule has 0 N–H and O–H groups in total. The van der Waals surface area contributed by atoms with Crippen LogP contribution in [-0.4, -0.2) is 32.0 Å². The number of pyridine rings is 1. The normalized spacial score (nSPS) is 11.7. The summed E-state index contributed by atoms with van der Waals surface area (Å²) in [7, 11) is 0.500. The lowest BCUT2D eigenvalue weighted by Gasteiger charge is -2.12. The van der Waals surface area contributed by atoms with Crippen molar-refractivity contribution < 1.29 is 40.6 Å². The van der Waals surface area contributed by atoms with Crippen LogP contribution in [0.5, 0.6) is 17.4 Å². The molecule has 0 saturated carbocycles. The minimum Gasteiger partial charge on any atom is -0.492 e. The highest BCUT2D eigenvalue weighted by atomic mass is 35.5. The highest BCUT2D eigenvalue weighted by Crippen LogP contribution is 2.33. The Hall–Kier alpha value is -2.33. The van der Waals surface area contributed by atoms with E-state index in [1.165, 1.54) is 0 Å². The van der Waals surface area contributed by atoms with Crippen molar-refractivity contribution >= 4 is 23.2 Å². The minimum absolute atomic E-state index is 0.0195. The summed E-state index contributed by atoms with van der Waals surface area (Å²) in [5.74, 6) is 0.473. The first-order valence-electron chi connectivity index (χ1n) is 9.81. The van der Waals surface area contributed by atoms with Crippen molar-refractivity contribution in [3.63, 3.8) is 0 Å². The van der Waals surface area contributed by atoms with Crippen LogP contribution in [0.2, 0.25) is 5.02 Å². The molecule has 0 bridgehead atoms. The molecule has 12 heteroatoms. The fourth-order valence-electron chi connectivity index (χ4n) is 2.37. The predicted molar refractivity (Wildman–Crippen MR) is 118 cm³/mol. The van der Waals surface area contributed by atoms with E-state index in [1.807, 2.05) is 0 Å². The molecular weight excluding hydrogens is 511 g/mol. The average Bonchev–Trinajstić information content (AvgIpc) is 2.77. The summed E-state index contributed by atoms with van der Waals surface area (Å²) in [6, 6.07) is 6.02. The van der Waals surface area contributed by atoms with Crippen molar-refractivity contribution in [2.24, 2.45) is 0 Å². The van der Waals surface area contributed by atoms with Gasteiger partial charge in [-0.1, -0.05) is 23.2 Å². The topological polar surface area (TPSA) is 40.6 Å². The number of aromatic nitrogens is 1. The van der Waals surface area contributed by atoms with Gasteiger partial charge < -0.3 is 14.2 Å². The molecule has 0 amide bonds. The van der Waals surface area contributed by atoms with Gasteiger partial charge in [0.25, 0.3) is 6.43 Å². The molecule has 190 valence electrons. The van der Waals surface area contributed by atoms with Gasteiger partial charge in [0.05, 0.1) is 25.4 Å². The third kappa shape index (κ3) is 10.7. The Labute approximate surface area is 203 Å². The second-order valence-electron chi connectivity index (χ2n) is 6.52. The number of allylic oxidation sites excluding steroid dienone is 1. The van der Waals surface area contributed by atoms with Gasteiger partial charge in [0.1, 0.15) is 23.8 Å². The third-order valence-corrected chi connectivity index (χ3v) is 4.38. The van der Waals surface area contributed by atoms with Crippen LogP contribution in [0.3, 0.4) is 0 Å². The smallest absolute Gasteiger partial charge is 0.433 e. The molecule has 0 aliphatic rings. The quantitative estimate of drug-likeness (QED) is 0.216. The molecule has 0 saturated heterocycles. The third-order valence-electron chi connectivity index (χ3n) is 3.93. The first-order valence-corrected chi connectivity index (χ1v) is 10.6. The van der Waals surface area contributed by atoms with Crippen LogP contribution < -0.4 is 14.2 Å². The molecule has 1 heterocycles. The average molecular weight is 534 g/mol. The van der Waals surface area contributed by atoms with Crippen molar-refractivity contribution in [1.82, 2.24) is 4.98 Å². The molecule has 0 unspecified atom stereocenters. The molecule has 34 heavy (non-hydrogen) atoms. The Bertz CT molecular complexity index is 922. The number of benzene rings is 1. The van der Waals surface area contributed by atoms with E-state index in [2.05, 4.69) is 4.98 Å². The zero-order chi connectivity index (χ0) is 25.7. The van der Waals surface area contributed by atoms with Crippen LogP contribution in [0.25, 0.3) is 0 Å². The standard InChI is InChI=1S/C21H20Cl2F5NO3.CH3F/c1-13(22)6-9-30-15-4-5-17(16(23)12-15)31-7-2-3-8-32-19-11-14(20(24)25)10-18(29-19)21(26,27)28;1-2/h4-6,10-12,20H,2-3,7-9H2,1H3;1H3/b13-6-;. The van der Waals surface area contributed by atoms with E-state index in [0.717, 1.165) is 6.07 Å². The van der Waals surface area contributed by atoms with Crippen molar-refractivity contribution in [3.8, 4) is 17.4 Å². The SMILES string of the molecule is C/C(Cl)=C/COc1ccc(OCCCCOc2cc(C(F)F)cc(C(F)(F)F)n2)c(Cl)c1.CF. The van der Waals surface area contributed by atoms with Gasteiger partial charge >= 0.3 is 6.18 Å². The monoisotopic (exact) mass is 533 g/mol. The first-order chi connectivity index (χ1) is 16.1. The van der Waals surface area contributed by atoms with Crippen LogP contribution in [0.15, 0.2) is 41.4 Å². The Kier molecular flexibility index (Phi) is 13.0. The molecule has 0 atom stereocenters. The molecule has 0 aliphatic heterocycles. The molecule has 1 aromatic carbocycles. The van der Waals surface area contributed by atoms with Crippen LogP contribution >= 0.6 is 23.2 Å². The van der Waals surface area contributed by atoms with E-state index in [4.69, 9.17) is 37.4 Å². The van der Waals surface area contributed by atoms with Gasteiger partial charge in [0.15, 0.2) is 0 Å². The van der Waals surface area contributed by atoms with Gasteiger partial charge in [-0.3, -0.25) is 4.39 Å². The fourth-order valence-corrected chi connectivity index (χ4v) is 2.66. The van der Waals surface area contributed by atoms with E-state index >= 15 is 0 Å². The number of unbranched alkanes of at least 4 members (excludes halogenated alkanes) is 1. The van der Waals surface area contributed by atoms with E-state index in [9.17, 15) is 26.3 Å². The molecule has 0 fully saturated rings. The number of alkyl halides is 6. The number of nitrogens with zero attached hydrogens (tertiary/aromatic N) is 1. The lowest BCUT2D eigenvalue weighted by Crippen LogP contribution is -2.11. The van der Waals surface area contributed by atoms with Crippen molar-refractivity contribution in [3.05, 3.63) is 57.7 Å². The molecule has 1 aromatic heterocycles. The highest BCUT2D eigenvalue weighted by molar-refractivity contribution is 6.32. The number of hydrogen-bond acceptors (Lipinski definition) is 4. The number of halogens is 8. The van der Waals surface area contributed by atoms with Crippen LogP contribution in [0.4, 0.5) is 26.3 Å². The maximum Gasteiger partial charge on any atom is 0.433 e. The van der Waals surface area contributed by atoms with Crippen LogP contribution in [-0.2, 0) is 6.18 Å². The maximum atomic E-state index is 12.8. The molecule has 2 rings (SSSR count). The highest BCUT2D eigenvalue weighted by Gasteiger charge is 2.34. The van der Waals surface area contributed by atoms with Crippen LogP contribution in [0.1, 0.15) is 37.4 Å². The Morgan fingerprint density at radius 2 is 1.68 bits per heavy atom. The summed E-state index contributed by atoms with van der Waals surface area (Å²) in [6.07, 6.45) is -5.35. The molecule has 0 spiro atoms. The fraction of sp³-hybridized carbons (Fsp3) is 0.409. The molecular formula is C22H23Cl2F6NO3. The summed E-state index contributed by atoms with van der Waals surface area (Å²) < 4.78 is 89.7. The van der Waals surface area contributed by atoms with Gasteiger partial charge in [-0.05, 0) is 44.0 Å². The van der Waals surface area contributed by atoms with Gasteiger partial charge in [0, 0.05) is 22.7 Å². The van der Waals surface area contributed by atoms with Crippen LogP contribution in [0, 0.1) is 0 Å². The molecule has 0 radical (unpaired) electrons. The zero-order valence-electron chi connectivity index (χ0n) is 18.3. The summed E-state index contributed by atoms with van der Waals surface area (Å²) in [5.41, 5.74) is -2.23. The van der Waals surface area contributed by atoms with E-state index in [1.54, 1.807) is 31.2 Å². The lowest BCUT2D eigenvalue weighted by molar-refractivity contribution is -0.141. The summed E-state index contributed by atoms with van der Waals surface area (Å²) in [4.78, 5) is 3.25. The second-order valence-corrected chi connectivity index (χ2v) is 7.52. The van der Waals surface area contributed by atoms with Gasteiger partial charge in [0.2, 0.25) is 5.88 Å². The van der Waals surface area contributed by atoms with Crippen molar-refractivity contribution in [2.75, 3.05) is 27.0 Å². The van der Waals surface area contributed by atoms with E-state index in [-0.39, 0.29) is 13.2 Å². The molecule has 2 aromatic rings. The second kappa shape index (κ2) is 14.8.